The van der Waals surface area contributed by atoms with Crippen LogP contribution < -0.4 is 0 Å². The highest BCUT2D eigenvalue weighted by Crippen LogP contribution is 2.22. The van der Waals surface area contributed by atoms with E-state index in [0.29, 0.717) is 6.54 Å². The fourth-order valence-corrected chi connectivity index (χ4v) is 4.35. The Hall–Kier alpha value is -3.02. The Labute approximate surface area is 189 Å². The molecule has 0 saturated carbocycles. The normalized spacial score (nSPS) is 15.5. The van der Waals surface area contributed by atoms with Crippen molar-refractivity contribution in [3.8, 4) is 5.69 Å². The van der Waals surface area contributed by atoms with E-state index in [4.69, 9.17) is 0 Å². The molecular formula is C27H30FN3O. The number of benzene rings is 2. The summed E-state index contributed by atoms with van der Waals surface area (Å²) in [6.45, 7) is 9.00. The van der Waals surface area contributed by atoms with E-state index in [2.05, 4.69) is 34.1 Å². The van der Waals surface area contributed by atoms with E-state index < -0.39 is 0 Å². The number of nitrogens with zero attached hydrogens (tertiary/aromatic N) is 3. The number of aryl methyl sites for hydroxylation is 1. The summed E-state index contributed by atoms with van der Waals surface area (Å²) in [5.41, 5.74) is 4.73. The van der Waals surface area contributed by atoms with Crippen LogP contribution in [0.4, 0.5) is 4.39 Å². The number of hydrogen-bond acceptors (Lipinski definition) is 3. The Kier molecular flexibility index (Phi) is 6.98. The number of aromatic nitrogens is 1. The molecule has 1 aliphatic rings. The Balaban J connectivity index is 1.32. The largest absolute Gasteiger partial charge is 0.318 e. The topological polar surface area (TPSA) is 28.5 Å². The van der Waals surface area contributed by atoms with Gasteiger partial charge in [-0.15, -0.1) is 0 Å². The van der Waals surface area contributed by atoms with Gasteiger partial charge in [0, 0.05) is 55.4 Å². The maximum Gasteiger partial charge on any atom is 0.178 e. The molecule has 166 valence electrons. The van der Waals surface area contributed by atoms with E-state index in [1.54, 1.807) is 12.1 Å². The lowest BCUT2D eigenvalue weighted by Gasteiger charge is -2.33. The van der Waals surface area contributed by atoms with Crippen molar-refractivity contribution in [2.45, 2.75) is 13.8 Å². The summed E-state index contributed by atoms with van der Waals surface area (Å²) in [6, 6.07) is 18.7. The quantitative estimate of drug-likeness (QED) is 0.506. The molecule has 0 amide bonds. The van der Waals surface area contributed by atoms with Gasteiger partial charge in [0.25, 0.3) is 0 Å². The fraction of sp³-hybridized carbons (Fsp3) is 0.296. The first-order chi connectivity index (χ1) is 15.5. The van der Waals surface area contributed by atoms with Gasteiger partial charge in [-0.1, -0.05) is 42.5 Å². The molecule has 2 heterocycles. The molecule has 0 radical (unpaired) electrons. The molecule has 0 bridgehead atoms. The molecule has 4 rings (SSSR count). The summed E-state index contributed by atoms with van der Waals surface area (Å²) in [5.74, 6) is -0.119. The van der Waals surface area contributed by atoms with Gasteiger partial charge >= 0.3 is 0 Å². The van der Waals surface area contributed by atoms with E-state index in [9.17, 15) is 9.18 Å². The molecule has 0 N–H and O–H groups in total. The van der Waals surface area contributed by atoms with Crippen LogP contribution in [-0.2, 0) is 0 Å². The highest BCUT2D eigenvalue weighted by Gasteiger charge is 2.22. The molecule has 3 aromatic rings. The zero-order valence-corrected chi connectivity index (χ0v) is 18.8. The molecule has 32 heavy (non-hydrogen) atoms. The summed E-state index contributed by atoms with van der Waals surface area (Å²) < 4.78 is 15.3. The van der Waals surface area contributed by atoms with Crippen molar-refractivity contribution >= 4 is 11.9 Å². The molecule has 2 aromatic carbocycles. The Morgan fingerprint density at radius 1 is 0.938 bits per heavy atom. The van der Waals surface area contributed by atoms with Crippen molar-refractivity contribution in [2.24, 2.45) is 0 Å². The first kappa shape index (κ1) is 22.2. The predicted molar refractivity (Wildman–Crippen MR) is 128 cm³/mol. The smallest absolute Gasteiger partial charge is 0.178 e. The van der Waals surface area contributed by atoms with Crippen molar-refractivity contribution in [1.82, 2.24) is 14.4 Å². The SMILES string of the molecule is Cc1cc(C(=O)CN2CCN(C/C=C/c3ccccc3)CC2)c(C)n1-c1ccc(F)cc1. The van der Waals surface area contributed by atoms with Gasteiger partial charge in [-0.3, -0.25) is 14.6 Å². The van der Waals surface area contributed by atoms with Gasteiger partial charge in [0.05, 0.1) is 6.54 Å². The predicted octanol–water partition coefficient (Wildman–Crippen LogP) is 4.75. The third kappa shape index (κ3) is 5.23. The Morgan fingerprint density at radius 2 is 1.59 bits per heavy atom. The second-order valence-corrected chi connectivity index (χ2v) is 8.41. The number of rotatable bonds is 7. The molecule has 1 fully saturated rings. The number of hydrogen-bond donors (Lipinski definition) is 0. The molecular weight excluding hydrogens is 401 g/mol. The number of carbonyl (C=O) groups is 1. The van der Waals surface area contributed by atoms with Gasteiger partial charge in [-0.25, -0.2) is 4.39 Å². The van der Waals surface area contributed by atoms with E-state index >= 15 is 0 Å². The van der Waals surface area contributed by atoms with Gasteiger partial charge < -0.3 is 4.57 Å². The van der Waals surface area contributed by atoms with Crippen LogP contribution >= 0.6 is 0 Å². The lowest BCUT2D eigenvalue weighted by molar-refractivity contribution is 0.0864. The second kappa shape index (κ2) is 10.1. The molecule has 0 aliphatic carbocycles. The lowest BCUT2D eigenvalue weighted by atomic mass is 10.1. The molecule has 1 saturated heterocycles. The van der Waals surface area contributed by atoms with Crippen LogP contribution in [0.15, 0.2) is 66.7 Å². The monoisotopic (exact) mass is 431 g/mol. The standard InChI is InChI=1S/C27H30FN3O/c1-21-19-26(22(2)31(21)25-12-10-24(28)11-13-25)27(32)20-30-17-15-29(16-18-30)14-6-9-23-7-4-3-5-8-23/h3-13,19H,14-18,20H2,1-2H3/b9-6+. The molecule has 5 heteroatoms. The third-order valence-corrected chi connectivity index (χ3v) is 6.12. The third-order valence-electron chi connectivity index (χ3n) is 6.12. The van der Waals surface area contributed by atoms with Gasteiger partial charge in [0.1, 0.15) is 5.82 Å². The summed E-state index contributed by atoms with van der Waals surface area (Å²) >= 11 is 0. The average Bonchev–Trinajstić information content (AvgIpc) is 3.10. The molecule has 0 spiro atoms. The van der Waals surface area contributed by atoms with Gasteiger partial charge in [0.15, 0.2) is 5.78 Å². The summed E-state index contributed by atoms with van der Waals surface area (Å²) in [6.07, 6.45) is 4.37. The first-order valence-electron chi connectivity index (χ1n) is 11.2. The van der Waals surface area contributed by atoms with Crippen molar-refractivity contribution in [2.75, 3.05) is 39.3 Å². The van der Waals surface area contributed by atoms with Crippen LogP contribution in [0.25, 0.3) is 11.8 Å². The van der Waals surface area contributed by atoms with Crippen LogP contribution in [0.5, 0.6) is 0 Å². The van der Waals surface area contributed by atoms with E-state index in [-0.39, 0.29) is 11.6 Å². The second-order valence-electron chi connectivity index (χ2n) is 8.41. The summed E-state index contributed by atoms with van der Waals surface area (Å²) in [4.78, 5) is 17.7. The zero-order valence-electron chi connectivity index (χ0n) is 18.8. The minimum atomic E-state index is -0.262. The zero-order chi connectivity index (χ0) is 22.5. The van der Waals surface area contributed by atoms with Crippen molar-refractivity contribution < 1.29 is 9.18 Å². The molecule has 0 atom stereocenters. The van der Waals surface area contributed by atoms with E-state index in [0.717, 1.165) is 55.4 Å². The fourth-order valence-electron chi connectivity index (χ4n) is 4.35. The van der Waals surface area contributed by atoms with Gasteiger partial charge in [-0.2, -0.15) is 0 Å². The summed E-state index contributed by atoms with van der Waals surface area (Å²) in [5, 5.41) is 0. The molecule has 1 aliphatic heterocycles. The van der Waals surface area contributed by atoms with Crippen LogP contribution in [0.2, 0.25) is 0 Å². The van der Waals surface area contributed by atoms with E-state index in [1.165, 1.54) is 17.7 Å². The van der Waals surface area contributed by atoms with E-state index in [1.807, 2.05) is 42.7 Å². The van der Waals surface area contributed by atoms with Gasteiger partial charge in [-0.05, 0) is 49.7 Å². The molecule has 0 unspecified atom stereocenters. The van der Waals surface area contributed by atoms with Crippen molar-refractivity contribution in [3.63, 3.8) is 0 Å². The maximum absolute atomic E-state index is 13.3. The lowest BCUT2D eigenvalue weighted by Crippen LogP contribution is -2.47. The minimum absolute atomic E-state index is 0.142. The maximum atomic E-state index is 13.3. The van der Waals surface area contributed by atoms with Crippen molar-refractivity contribution in [1.29, 1.82) is 0 Å². The minimum Gasteiger partial charge on any atom is -0.318 e. The number of carbonyl (C=O) groups excluding carboxylic acids is 1. The van der Waals surface area contributed by atoms with Crippen LogP contribution in [0, 0.1) is 19.7 Å². The highest BCUT2D eigenvalue weighted by molar-refractivity contribution is 5.99. The van der Waals surface area contributed by atoms with Crippen molar-refractivity contribution in [3.05, 3.63) is 95.1 Å². The number of piperazine rings is 1. The van der Waals surface area contributed by atoms with Crippen LogP contribution in [-0.4, -0.2) is 59.4 Å². The molecule has 1 aromatic heterocycles. The highest BCUT2D eigenvalue weighted by atomic mass is 19.1. The Morgan fingerprint density at radius 3 is 2.28 bits per heavy atom. The number of ketones is 1. The van der Waals surface area contributed by atoms with Crippen LogP contribution in [0.3, 0.4) is 0 Å². The first-order valence-corrected chi connectivity index (χ1v) is 11.2. The molecule has 4 nitrogen and oxygen atoms in total. The average molecular weight is 432 g/mol. The number of Topliss-reactive ketones (excluding diaryl/α,β-unsaturated/α-hetero) is 1. The summed E-state index contributed by atoms with van der Waals surface area (Å²) in [7, 11) is 0. The number of halogens is 1. The van der Waals surface area contributed by atoms with Gasteiger partial charge in [0.2, 0.25) is 0 Å². The Bertz CT molecular complexity index is 1080. The van der Waals surface area contributed by atoms with Crippen LogP contribution in [0.1, 0.15) is 27.3 Å².